The van der Waals surface area contributed by atoms with Crippen LogP contribution in [0.3, 0.4) is 0 Å². The van der Waals surface area contributed by atoms with Gasteiger partial charge in [-0.05, 0) is 115 Å². The zero-order chi connectivity index (χ0) is 28.2. The molecule has 2 heterocycles. The summed E-state index contributed by atoms with van der Waals surface area (Å²) in [5.41, 5.74) is 6.72. The minimum Gasteiger partial charge on any atom is -0.444 e. The van der Waals surface area contributed by atoms with Crippen LogP contribution in [0.2, 0.25) is 0 Å². The van der Waals surface area contributed by atoms with E-state index in [0.717, 1.165) is 72.4 Å². The van der Waals surface area contributed by atoms with Crippen LogP contribution in [0.25, 0.3) is 0 Å². The van der Waals surface area contributed by atoms with E-state index in [2.05, 4.69) is 51.7 Å². The van der Waals surface area contributed by atoms with Crippen LogP contribution < -0.4 is 15.5 Å². The number of amides is 2. The molecular formula is C32H44N4O3. The molecule has 1 saturated carbocycles. The SMILES string of the molecule is CCN(c1cccc2c1C/C=C\Cc1cc(C)nc(C)c1CNC2=O)C1CCC(NC(=O)OC(C)(C)C)CC1. The van der Waals surface area contributed by atoms with Crippen molar-refractivity contribution in [2.75, 3.05) is 11.4 Å². The van der Waals surface area contributed by atoms with Gasteiger partial charge in [0.25, 0.3) is 5.91 Å². The van der Waals surface area contributed by atoms with E-state index < -0.39 is 5.60 Å². The number of fused-ring (bicyclic) bond motifs is 2. The summed E-state index contributed by atoms with van der Waals surface area (Å²) in [4.78, 5) is 32.8. The predicted molar refractivity (Wildman–Crippen MR) is 156 cm³/mol. The second-order valence-corrected chi connectivity index (χ2v) is 11.8. The maximum atomic E-state index is 13.5. The van der Waals surface area contributed by atoms with Crippen molar-refractivity contribution in [3.63, 3.8) is 0 Å². The molecule has 4 rings (SSSR count). The molecule has 0 spiro atoms. The van der Waals surface area contributed by atoms with Gasteiger partial charge in [-0.1, -0.05) is 18.2 Å². The first-order chi connectivity index (χ1) is 18.6. The zero-order valence-electron chi connectivity index (χ0n) is 24.4. The number of anilines is 1. The van der Waals surface area contributed by atoms with E-state index in [0.29, 0.717) is 19.0 Å². The van der Waals surface area contributed by atoms with Crippen LogP contribution in [0.5, 0.6) is 0 Å². The third-order valence-corrected chi connectivity index (χ3v) is 7.71. The molecule has 0 atom stereocenters. The van der Waals surface area contributed by atoms with E-state index in [1.807, 2.05) is 46.8 Å². The predicted octanol–water partition coefficient (Wildman–Crippen LogP) is 5.95. The zero-order valence-corrected chi connectivity index (χ0v) is 24.4. The van der Waals surface area contributed by atoms with E-state index >= 15 is 0 Å². The Balaban J connectivity index is 1.53. The first-order valence-electron chi connectivity index (χ1n) is 14.3. The fraction of sp³-hybridized carbons (Fsp3) is 0.531. The molecule has 7 nitrogen and oxygen atoms in total. The summed E-state index contributed by atoms with van der Waals surface area (Å²) in [5.74, 6) is -0.0469. The van der Waals surface area contributed by atoms with Gasteiger partial charge >= 0.3 is 6.09 Å². The normalized spacial score (nSPS) is 20.5. The second-order valence-electron chi connectivity index (χ2n) is 11.8. The lowest BCUT2D eigenvalue weighted by Gasteiger charge is -2.39. The minimum atomic E-state index is -0.501. The minimum absolute atomic E-state index is 0.0469. The standard InChI is InChI=1S/C32H44N4O3/c1-7-36(25-17-15-24(16-18-25)35-31(38)39-32(4,5)6)29-14-10-13-27-26(29)12-9-8-11-23-19-21(2)34-22(3)28(23)20-33-30(27)37/h8-10,13-14,19,24-25H,7,11-12,15-18,20H2,1-6H3,(H,33,37)(H,35,38)/b9-8-. The summed E-state index contributed by atoms with van der Waals surface area (Å²) in [7, 11) is 0. The number of alkyl carbamates (subject to hydrolysis) is 1. The van der Waals surface area contributed by atoms with Crippen LogP contribution in [0, 0.1) is 13.8 Å². The van der Waals surface area contributed by atoms with Gasteiger partial charge in [0.05, 0.1) is 0 Å². The highest BCUT2D eigenvalue weighted by Crippen LogP contribution is 2.32. The Kier molecular flexibility index (Phi) is 8.98. The molecular weight excluding hydrogens is 488 g/mol. The molecule has 0 bridgehead atoms. The van der Waals surface area contributed by atoms with E-state index in [9.17, 15) is 9.59 Å². The highest BCUT2D eigenvalue weighted by molar-refractivity contribution is 5.97. The van der Waals surface area contributed by atoms with Crippen molar-refractivity contribution in [1.82, 2.24) is 15.6 Å². The monoisotopic (exact) mass is 532 g/mol. The first-order valence-corrected chi connectivity index (χ1v) is 14.3. The fourth-order valence-corrected chi connectivity index (χ4v) is 5.94. The maximum Gasteiger partial charge on any atom is 0.407 e. The quantitative estimate of drug-likeness (QED) is 0.476. The third-order valence-electron chi connectivity index (χ3n) is 7.71. The number of ether oxygens (including phenoxy) is 1. The third kappa shape index (κ3) is 7.20. The Morgan fingerprint density at radius 1 is 1.10 bits per heavy atom. The molecule has 0 radical (unpaired) electrons. The van der Waals surface area contributed by atoms with Crippen LogP contribution in [0.15, 0.2) is 36.4 Å². The molecule has 0 unspecified atom stereocenters. The van der Waals surface area contributed by atoms with Gasteiger partial charge in [0.15, 0.2) is 0 Å². The van der Waals surface area contributed by atoms with Crippen LogP contribution in [0.4, 0.5) is 10.5 Å². The number of nitrogens with one attached hydrogen (secondary N) is 2. The molecule has 2 aliphatic rings. The van der Waals surface area contributed by atoms with Crippen molar-refractivity contribution >= 4 is 17.7 Å². The average molecular weight is 533 g/mol. The van der Waals surface area contributed by atoms with E-state index in [-0.39, 0.29) is 18.0 Å². The van der Waals surface area contributed by atoms with Crippen molar-refractivity contribution in [3.8, 4) is 0 Å². The lowest BCUT2D eigenvalue weighted by Crippen LogP contribution is -2.45. The Morgan fingerprint density at radius 3 is 2.51 bits per heavy atom. The largest absolute Gasteiger partial charge is 0.444 e. The lowest BCUT2D eigenvalue weighted by atomic mass is 9.89. The van der Waals surface area contributed by atoms with Gasteiger partial charge in [-0.15, -0.1) is 0 Å². The molecule has 2 N–H and O–H groups in total. The number of nitrogens with zero attached hydrogens (tertiary/aromatic N) is 2. The van der Waals surface area contributed by atoms with E-state index in [1.54, 1.807) is 0 Å². The van der Waals surface area contributed by atoms with Crippen LogP contribution in [0.1, 0.15) is 91.8 Å². The smallest absolute Gasteiger partial charge is 0.407 e. The van der Waals surface area contributed by atoms with E-state index in [1.165, 1.54) is 5.56 Å². The van der Waals surface area contributed by atoms with Gasteiger partial charge in [0.1, 0.15) is 5.60 Å². The Hall–Kier alpha value is -3.35. The second kappa shape index (κ2) is 12.2. The number of hydrogen-bond acceptors (Lipinski definition) is 5. The summed E-state index contributed by atoms with van der Waals surface area (Å²) in [6.45, 7) is 13.2. The molecule has 1 aliphatic heterocycles. The Morgan fingerprint density at radius 2 is 1.82 bits per heavy atom. The molecule has 7 heteroatoms. The number of carbonyl (C=O) groups is 2. The molecule has 39 heavy (non-hydrogen) atoms. The van der Waals surface area contributed by atoms with Crippen LogP contribution in [-0.4, -0.2) is 41.2 Å². The molecule has 2 aromatic rings. The number of rotatable bonds is 4. The summed E-state index contributed by atoms with van der Waals surface area (Å²) >= 11 is 0. The van der Waals surface area contributed by atoms with Crippen molar-refractivity contribution in [2.45, 2.75) is 104 Å². The molecule has 1 fully saturated rings. The molecule has 0 saturated heterocycles. The van der Waals surface area contributed by atoms with Gasteiger partial charge in [0, 0.05) is 47.8 Å². The Labute approximate surface area is 233 Å². The van der Waals surface area contributed by atoms with E-state index in [4.69, 9.17) is 4.74 Å². The number of benzene rings is 1. The number of pyridine rings is 1. The van der Waals surface area contributed by atoms with Crippen molar-refractivity contribution in [2.24, 2.45) is 0 Å². The van der Waals surface area contributed by atoms with Crippen molar-refractivity contribution in [1.29, 1.82) is 0 Å². The van der Waals surface area contributed by atoms with Gasteiger partial charge in [-0.25, -0.2) is 4.79 Å². The summed E-state index contributed by atoms with van der Waals surface area (Å²) in [5, 5.41) is 6.23. The highest BCUT2D eigenvalue weighted by Gasteiger charge is 2.29. The average Bonchev–Trinajstić information content (AvgIpc) is 2.89. The van der Waals surface area contributed by atoms with Gasteiger partial charge < -0.3 is 20.3 Å². The molecule has 1 aromatic carbocycles. The molecule has 1 aliphatic carbocycles. The number of carbonyl (C=O) groups excluding carboxylic acids is 2. The molecule has 210 valence electrons. The van der Waals surface area contributed by atoms with Crippen LogP contribution in [-0.2, 0) is 24.1 Å². The molecule has 1 aromatic heterocycles. The summed E-state index contributed by atoms with van der Waals surface area (Å²) in [6, 6.07) is 8.70. The number of hydrogen-bond donors (Lipinski definition) is 2. The number of aryl methyl sites for hydroxylation is 2. The maximum absolute atomic E-state index is 13.5. The summed E-state index contributed by atoms with van der Waals surface area (Å²) < 4.78 is 5.45. The van der Waals surface area contributed by atoms with Gasteiger partial charge in [-0.3, -0.25) is 9.78 Å². The van der Waals surface area contributed by atoms with Gasteiger partial charge in [0.2, 0.25) is 0 Å². The molecule has 2 amide bonds. The first kappa shape index (κ1) is 28.7. The Bertz CT molecular complexity index is 1220. The van der Waals surface area contributed by atoms with Crippen molar-refractivity contribution in [3.05, 3.63) is 70.1 Å². The fourth-order valence-electron chi connectivity index (χ4n) is 5.94. The highest BCUT2D eigenvalue weighted by atomic mass is 16.6. The number of allylic oxidation sites excluding steroid dienone is 2. The van der Waals surface area contributed by atoms with Crippen molar-refractivity contribution < 1.29 is 14.3 Å². The summed E-state index contributed by atoms with van der Waals surface area (Å²) in [6.07, 6.45) is 9.35. The van der Waals surface area contributed by atoms with Gasteiger partial charge in [-0.2, -0.15) is 0 Å². The topological polar surface area (TPSA) is 83.6 Å². The lowest BCUT2D eigenvalue weighted by molar-refractivity contribution is 0.0491. The van der Waals surface area contributed by atoms with Crippen LogP contribution >= 0.6 is 0 Å². The number of aromatic nitrogens is 1.